The summed E-state index contributed by atoms with van der Waals surface area (Å²) in [6.45, 7) is 1.35. The van der Waals surface area contributed by atoms with Crippen molar-refractivity contribution in [2.45, 2.75) is 19.3 Å². The number of hydrogen-bond donors (Lipinski definition) is 0. The molecule has 2 rings (SSSR count). The lowest BCUT2D eigenvalue weighted by molar-refractivity contribution is -0.125. The van der Waals surface area contributed by atoms with Gasteiger partial charge >= 0.3 is 0 Å². The number of halogens is 2. The molecule has 1 heterocycles. The second-order valence-electron chi connectivity index (χ2n) is 4.23. The van der Waals surface area contributed by atoms with Crippen molar-refractivity contribution in [3.8, 4) is 0 Å². The Morgan fingerprint density at radius 1 is 1.24 bits per heavy atom. The summed E-state index contributed by atoms with van der Waals surface area (Å²) >= 11 is 12.1. The van der Waals surface area contributed by atoms with E-state index in [-0.39, 0.29) is 11.7 Å². The van der Waals surface area contributed by atoms with Crippen LogP contribution in [0.15, 0.2) is 18.2 Å². The quantitative estimate of drug-likeness (QED) is 0.842. The van der Waals surface area contributed by atoms with E-state index in [1.165, 1.54) is 0 Å². The summed E-state index contributed by atoms with van der Waals surface area (Å²) in [5.41, 5.74) is 0.743. The van der Waals surface area contributed by atoms with E-state index in [1.807, 2.05) is 0 Å². The smallest absolute Gasteiger partial charge is 0.140 e. The number of benzene rings is 1. The minimum Gasteiger partial charge on any atom is -0.381 e. The van der Waals surface area contributed by atoms with Gasteiger partial charge in [0.2, 0.25) is 0 Å². The van der Waals surface area contributed by atoms with Gasteiger partial charge in [0, 0.05) is 35.6 Å². The second kappa shape index (κ2) is 5.85. The zero-order valence-electron chi connectivity index (χ0n) is 9.42. The van der Waals surface area contributed by atoms with E-state index in [2.05, 4.69) is 0 Å². The third-order valence-electron chi connectivity index (χ3n) is 3.09. The molecule has 0 N–H and O–H groups in total. The van der Waals surface area contributed by atoms with E-state index in [9.17, 15) is 4.79 Å². The Hall–Kier alpha value is -0.570. The fourth-order valence-electron chi connectivity index (χ4n) is 2.04. The third-order valence-corrected chi connectivity index (χ3v) is 3.80. The molecule has 0 bridgehead atoms. The molecular formula is C13H14Cl2O2. The highest BCUT2D eigenvalue weighted by atomic mass is 35.5. The van der Waals surface area contributed by atoms with Crippen molar-refractivity contribution < 1.29 is 9.53 Å². The van der Waals surface area contributed by atoms with Crippen molar-refractivity contribution in [3.63, 3.8) is 0 Å². The molecule has 1 aliphatic rings. The highest BCUT2D eigenvalue weighted by molar-refractivity contribution is 6.36. The first-order chi connectivity index (χ1) is 8.18. The number of Topliss-reactive ketones (excluding diaryl/α,β-unsaturated/α-hetero) is 1. The van der Waals surface area contributed by atoms with Crippen LogP contribution in [0.25, 0.3) is 0 Å². The second-order valence-corrected chi connectivity index (χ2v) is 5.04. The molecule has 1 fully saturated rings. The van der Waals surface area contributed by atoms with E-state index in [0.29, 0.717) is 29.7 Å². The highest BCUT2D eigenvalue weighted by Crippen LogP contribution is 2.27. The first-order valence-corrected chi connectivity index (χ1v) is 6.47. The molecule has 0 spiro atoms. The predicted octanol–water partition coefficient (Wildman–Crippen LogP) is 3.53. The maximum absolute atomic E-state index is 12.1. The monoisotopic (exact) mass is 272 g/mol. The van der Waals surface area contributed by atoms with Crippen molar-refractivity contribution in [2.75, 3.05) is 13.2 Å². The molecule has 0 unspecified atom stereocenters. The summed E-state index contributed by atoms with van der Waals surface area (Å²) in [5, 5.41) is 1.14. The summed E-state index contributed by atoms with van der Waals surface area (Å²) in [7, 11) is 0. The van der Waals surface area contributed by atoms with Gasteiger partial charge in [-0.25, -0.2) is 0 Å². The van der Waals surface area contributed by atoms with Crippen LogP contribution in [0.4, 0.5) is 0 Å². The van der Waals surface area contributed by atoms with Crippen LogP contribution in [0.2, 0.25) is 10.0 Å². The third kappa shape index (κ3) is 3.21. The van der Waals surface area contributed by atoms with Crippen LogP contribution in [-0.4, -0.2) is 19.0 Å². The van der Waals surface area contributed by atoms with Crippen molar-refractivity contribution in [1.82, 2.24) is 0 Å². The molecule has 92 valence electrons. The average Bonchev–Trinajstić information content (AvgIpc) is 2.35. The molecule has 0 amide bonds. The molecule has 0 aliphatic carbocycles. The van der Waals surface area contributed by atoms with Gasteiger partial charge in [0.1, 0.15) is 5.78 Å². The lowest BCUT2D eigenvalue weighted by Gasteiger charge is -2.21. The van der Waals surface area contributed by atoms with Gasteiger partial charge in [0.15, 0.2) is 0 Å². The lowest BCUT2D eigenvalue weighted by Crippen LogP contribution is -2.24. The Balaban J connectivity index is 2.07. The molecule has 1 saturated heterocycles. The summed E-state index contributed by atoms with van der Waals surface area (Å²) in [5.74, 6) is 0.305. The van der Waals surface area contributed by atoms with Gasteiger partial charge in [-0.1, -0.05) is 29.3 Å². The molecule has 17 heavy (non-hydrogen) atoms. The van der Waals surface area contributed by atoms with Crippen LogP contribution < -0.4 is 0 Å². The zero-order valence-corrected chi connectivity index (χ0v) is 10.9. The van der Waals surface area contributed by atoms with Crippen molar-refractivity contribution in [1.29, 1.82) is 0 Å². The van der Waals surface area contributed by atoms with Crippen LogP contribution in [0.3, 0.4) is 0 Å². The van der Waals surface area contributed by atoms with Gasteiger partial charge in [0.05, 0.1) is 0 Å². The number of hydrogen-bond acceptors (Lipinski definition) is 2. The fraction of sp³-hybridized carbons (Fsp3) is 0.462. The predicted molar refractivity (Wildman–Crippen MR) is 68.7 cm³/mol. The molecule has 1 aliphatic heterocycles. The van der Waals surface area contributed by atoms with Crippen LogP contribution in [0, 0.1) is 5.92 Å². The standard InChI is InChI=1S/C13H14Cl2O2/c14-11-2-1-3-12(15)10(11)8-13(16)9-4-6-17-7-5-9/h1-3,9H,4-8H2. The summed E-state index contributed by atoms with van der Waals surface area (Å²) < 4.78 is 5.24. The Morgan fingerprint density at radius 2 is 1.82 bits per heavy atom. The Morgan fingerprint density at radius 3 is 2.41 bits per heavy atom. The normalized spacial score (nSPS) is 17.1. The fourth-order valence-corrected chi connectivity index (χ4v) is 2.57. The first kappa shape index (κ1) is 12.9. The molecule has 0 atom stereocenters. The van der Waals surface area contributed by atoms with Crippen molar-refractivity contribution >= 4 is 29.0 Å². The summed E-state index contributed by atoms with van der Waals surface area (Å²) in [6, 6.07) is 5.31. The summed E-state index contributed by atoms with van der Waals surface area (Å²) in [6.07, 6.45) is 1.94. The van der Waals surface area contributed by atoms with E-state index in [0.717, 1.165) is 18.4 Å². The van der Waals surface area contributed by atoms with E-state index in [1.54, 1.807) is 18.2 Å². The highest BCUT2D eigenvalue weighted by Gasteiger charge is 2.22. The van der Waals surface area contributed by atoms with Crippen LogP contribution in [-0.2, 0) is 16.0 Å². The lowest BCUT2D eigenvalue weighted by atomic mass is 9.91. The number of carbonyl (C=O) groups is 1. The first-order valence-electron chi connectivity index (χ1n) is 5.72. The number of ketones is 1. The molecule has 1 aromatic rings. The zero-order chi connectivity index (χ0) is 12.3. The molecule has 2 nitrogen and oxygen atoms in total. The molecule has 0 radical (unpaired) electrons. The topological polar surface area (TPSA) is 26.3 Å². The summed E-state index contributed by atoms with van der Waals surface area (Å²) in [4.78, 5) is 12.1. The van der Waals surface area contributed by atoms with Crippen LogP contribution in [0.1, 0.15) is 18.4 Å². The Bertz CT molecular complexity index is 392. The number of carbonyl (C=O) groups excluding carboxylic acids is 1. The maximum atomic E-state index is 12.1. The van der Waals surface area contributed by atoms with Crippen LogP contribution in [0.5, 0.6) is 0 Å². The molecule has 0 saturated carbocycles. The van der Waals surface area contributed by atoms with Crippen molar-refractivity contribution in [3.05, 3.63) is 33.8 Å². The minimum atomic E-state index is 0.0936. The molecular weight excluding hydrogens is 259 g/mol. The van der Waals surface area contributed by atoms with E-state index >= 15 is 0 Å². The molecule has 1 aromatic carbocycles. The number of rotatable bonds is 3. The van der Waals surface area contributed by atoms with Crippen molar-refractivity contribution in [2.24, 2.45) is 5.92 Å². The maximum Gasteiger partial charge on any atom is 0.140 e. The van der Waals surface area contributed by atoms with Gasteiger partial charge in [-0.3, -0.25) is 4.79 Å². The van der Waals surface area contributed by atoms with Gasteiger partial charge in [-0.2, -0.15) is 0 Å². The van der Waals surface area contributed by atoms with Crippen LogP contribution >= 0.6 is 23.2 Å². The van der Waals surface area contributed by atoms with Gasteiger partial charge in [-0.15, -0.1) is 0 Å². The van der Waals surface area contributed by atoms with Gasteiger partial charge in [0.25, 0.3) is 0 Å². The molecule has 0 aromatic heterocycles. The minimum absolute atomic E-state index is 0.0936. The Labute approximate surface area is 111 Å². The van der Waals surface area contributed by atoms with E-state index < -0.39 is 0 Å². The van der Waals surface area contributed by atoms with Gasteiger partial charge in [-0.05, 0) is 30.5 Å². The number of ether oxygens (including phenoxy) is 1. The van der Waals surface area contributed by atoms with E-state index in [4.69, 9.17) is 27.9 Å². The molecule has 4 heteroatoms. The SMILES string of the molecule is O=C(Cc1c(Cl)cccc1Cl)C1CCOCC1. The Kier molecular flexibility index (Phi) is 4.43. The van der Waals surface area contributed by atoms with Gasteiger partial charge < -0.3 is 4.74 Å². The average molecular weight is 273 g/mol. The largest absolute Gasteiger partial charge is 0.381 e.